The van der Waals surface area contributed by atoms with E-state index in [-0.39, 0.29) is 28.9 Å². The number of benzene rings is 1. The number of aromatic nitrogens is 2. The Bertz CT molecular complexity index is 826. The molecule has 0 atom stereocenters. The fourth-order valence-corrected chi connectivity index (χ4v) is 2.98. The molecule has 3 rings (SSSR count). The normalized spacial score (nSPS) is 13.5. The molecule has 24 heavy (non-hydrogen) atoms. The molecule has 1 amide bonds. The highest BCUT2D eigenvalue weighted by Gasteiger charge is 2.29. The Hall–Kier alpha value is -2.41. The number of ketones is 1. The highest BCUT2D eigenvalue weighted by atomic mass is 32.2. The number of aromatic amines is 1. The predicted molar refractivity (Wildman–Crippen MR) is 92.4 cm³/mol. The highest BCUT2D eigenvalue weighted by molar-refractivity contribution is 7.99. The van der Waals surface area contributed by atoms with Crippen LogP contribution >= 0.6 is 11.8 Å². The molecule has 1 fully saturated rings. The number of anilines is 1. The van der Waals surface area contributed by atoms with Gasteiger partial charge in [-0.3, -0.25) is 14.4 Å². The molecule has 1 aromatic carbocycles. The van der Waals surface area contributed by atoms with Gasteiger partial charge in [-0.2, -0.15) is 0 Å². The summed E-state index contributed by atoms with van der Waals surface area (Å²) in [6.07, 6.45) is 1.91. The van der Waals surface area contributed by atoms with Crippen molar-refractivity contribution >= 4 is 29.1 Å². The number of nitrogens with zero attached hydrogens (tertiary/aromatic N) is 1. The minimum atomic E-state index is -0.229. The molecule has 2 N–H and O–H groups in total. The van der Waals surface area contributed by atoms with Gasteiger partial charge in [-0.1, -0.05) is 11.8 Å². The van der Waals surface area contributed by atoms with Crippen molar-refractivity contribution in [3.63, 3.8) is 0 Å². The van der Waals surface area contributed by atoms with Crippen LogP contribution < -0.4 is 10.9 Å². The molecule has 1 aliphatic rings. The maximum Gasteiger partial charge on any atom is 0.251 e. The molecule has 0 aliphatic heterocycles. The minimum Gasteiger partial charge on any atom is -0.326 e. The summed E-state index contributed by atoms with van der Waals surface area (Å²) in [6.45, 7) is 1.73. The summed E-state index contributed by atoms with van der Waals surface area (Å²) in [4.78, 5) is 42.1. The lowest BCUT2D eigenvalue weighted by Crippen LogP contribution is -2.13. The van der Waals surface area contributed by atoms with Crippen LogP contribution in [0.4, 0.5) is 5.69 Å². The van der Waals surface area contributed by atoms with Crippen LogP contribution in [0.1, 0.15) is 28.9 Å². The van der Waals surface area contributed by atoms with Crippen molar-refractivity contribution in [3.8, 4) is 0 Å². The summed E-state index contributed by atoms with van der Waals surface area (Å²) in [5.41, 5.74) is 1.64. The van der Waals surface area contributed by atoms with Gasteiger partial charge in [-0.25, -0.2) is 4.98 Å². The molecule has 1 aromatic heterocycles. The number of carbonyl (C=O) groups excluding carboxylic acids is 2. The second-order valence-electron chi connectivity index (χ2n) is 5.74. The molecule has 0 bridgehead atoms. The van der Waals surface area contributed by atoms with Crippen molar-refractivity contribution in [2.45, 2.75) is 24.9 Å². The van der Waals surface area contributed by atoms with Crippen LogP contribution in [-0.4, -0.2) is 27.4 Å². The number of Topliss-reactive ketones (excluding diaryl/α,β-unsaturated/α-hetero) is 1. The van der Waals surface area contributed by atoms with Crippen molar-refractivity contribution in [2.24, 2.45) is 5.92 Å². The fourth-order valence-electron chi connectivity index (χ4n) is 2.17. The van der Waals surface area contributed by atoms with Crippen molar-refractivity contribution < 1.29 is 9.59 Å². The smallest absolute Gasteiger partial charge is 0.251 e. The number of carbonyl (C=O) groups is 2. The summed E-state index contributed by atoms with van der Waals surface area (Å²) in [6, 6.07) is 8.24. The first-order valence-electron chi connectivity index (χ1n) is 7.66. The SMILES string of the molecule is Cc1cc(=O)[nH]c(SCC(=O)c2ccc(NC(=O)C3CC3)cc2)n1. The lowest BCUT2D eigenvalue weighted by molar-refractivity contribution is -0.117. The Balaban J connectivity index is 1.58. The van der Waals surface area contributed by atoms with Crippen molar-refractivity contribution in [1.29, 1.82) is 0 Å². The molecule has 0 saturated heterocycles. The van der Waals surface area contributed by atoms with Crippen LogP contribution in [0.3, 0.4) is 0 Å². The Kier molecular flexibility index (Phi) is 4.80. The molecular formula is C17H17N3O3S. The largest absolute Gasteiger partial charge is 0.326 e. The molecule has 124 valence electrons. The van der Waals surface area contributed by atoms with Gasteiger partial charge in [0.1, 0.15) is 0 Å². The zero-order chi connectivity index (χ0) is 17.1. The van der Waals surface area contributed by atoms with Crippen LogP contribution in [0.15, 0.2) is 40.3 Å². The van der Waals surface area contributed by atoms with Crippen LogP contribution in [0, 0.1) is 12.8 Å². The van der Waals surface area contributed by atoms with Gasteiger partial charge >= 0.3 is 0 Å². The Labute approximate surface area is 143 Å². The predicted octanol–water partition coefficient (Wildman–Crippen LogP) is 2.40. The number of hydrogen-bond acceptors (Lipinski definition) is 5. The molecule has 2 aromatic rings. The molecule has 6 nitrogen and oxygen atoms in total. The third kappa shape index (κ3) is 4.32. The van der Waals surface area contributed by atoms with Gasteiger partial charge in [-0.05, 0) is 44.0 Å². The average molecular weight is 343 g/mol. The Morgan fingerprint density at radius 2 is 2.00 bits per heavy atom. The molecule has 0 spiro atoms. The molecule has 0 unspecified atom stereocenters. The standard InChI is InChI=1S/C17H17N3O3S/c1-10-8-15(22)20-17(18-10)24-9-14(21)11-4-6-13(7-5-11)19-16(23)12-2-3-12/h4-8,12H,2-3,9H2,1H3,(H,19,23)(H,18,20,22). The number of amides is 1. The van der Waals surface area contributed by atoms with E-state index in [0.717, 1.165) is 12.8 Å². The van der Waals surface area contributed by atoms with Gasteiger partial charge < -0.3 is 10.3 Å². The maximum atomic E-state index is 12.2. The second-order valence-corrected chi connectivity index (χ2v) is 6.71. The van der Waals surface area contributed by atoms with Crippen molar-refractivity contribution in [3.05, 3.63) is 51.9 Å². The van der Waals surface area contributed by atoms with Gasteiger partial charge in [0.05, 0.1) is 5.75 Å². The van der Waals surface area contributed by atoms with Crippen LogP contribution in [-0.2, 0) is 4.79 Å². The topological polar surface area (TPSA) is 91.9 Å². The van der Waals surface area contributed by atoms with Crippen LogP contribution in [0.5, 0.6) is 0 Å². The van der Waals surface area contributed by atoms with E-state index >= 15 is 0 Å². The molecular weight excluding hydrogens is 326 g/mol. The van der Waals surface area contributed by atoms with Gasteiger partial charge in [0.25, 0.3) is 5.56 Å². The molecule has 1 heterocycles. The molecule has 1 aliphatic carbocycles. The first-order valence-corrected chi connectivity index (χ1v) is 8.65. The molecule has 0 radical (unpaired) electrons. The van der Waals surface area contributed by atoms with Gasteiger partial charge in [0, 0.05) is 28.9 Å². The van der Waals surface area contributed by atoms with E-state index in [1.54, 1.807) is 31.2 Å². The van der Waals surface area contributed by atoms with E-state index in [0.29, 0.717) is 22.1 Å². The van der Waals surface area contributed by atoms with E-state index in [1.807, 2.05) is 0 Å². The number of hydrogen-bond donors (Lipinski definition) is 2. The number of H-pyrrole nitrogens is 1. The third-order valence-corrected chi connectivity index (χ3v) is 4.48. The van der Waals surface area contributed by atoms with Crippen LogP contribution in [0.25, 0.3) is 0 Å². The highest BCUT2D eigenvalue weighted by Crippen LogP contribution is 2.30. The lowest BCUT2D eigenvalue weighted by atomic mass is 10.1. The lowest BCUT2D eigenvalue weighted by Gasteiger charge is -2.06. The fraction of sp³-hybridized carbons (Fsp3) is 0.294. The molecule has 7 heteroatoms. The molecule has 1 saturated carbocycles. The summed E-state index contributed by atoms with van der Waals surface area (Å²) in [5.74, 6) is 0.301. The zero-order valence-electron chi connectivity index (χ0n) is 13.2. The van der Waals surface area contributed by atoms with Gasteiger partial charge in [0.15, 0.2) is 10.9 Å². The van der Waals surface area contributed by atoms with Crippen molar-refractivity contribution in [2.75, 3.05) is 11.1 Å². The summed E-state index contributed by atoms with van der Waals surface area (Å²) >= 11 is 1.19. The van der Waals surface area contributed by atoms with E-state index in [2.05, 4.69) is 15.3 Å². The van der Waals surface area contributed by atoms with E-state index in [4.69, 9.17) is 0 Å². The minimum absolute atomic E-state index is 0.0408. The maximum absolute atomic E-state index is 12.2. The second kappa shape index (κ2) is 7.00. The monoisotopic (exact) mass is 343 g/mol. The van der Waals surface area contributed by atoms with Crippen LogP contribution in [0.2, 0.25) is 0 Å². The number of thioether (sulfide) groups is 1. The van der Waals surface area contributed by atoms with E-state index in [1.165, 1.54) is 17.8 Å². The number of aryl methyl sites for hydroxylation is 1. The number of rotatable bonds is 6. The Morgan fingerprint density at radius 1 is 1.29 bits per heavy atom. The first kappa shape index (κ1) is 16.4. The first-order chi connectivity index (χ1) is 11.5. The number of nitrogens with one attached hydrogen (secondary N) is 2. The summed E-state index contributed by atoms with van der Waals surface area (Å²) in [7, 11) is 0. The van der Waals surface area contributed by atoms with Gasteiger partial charge in [0.2, 0.25) is 5.91 Å². The third-order valence-electron chi connectivity index (χ3n) is 3.61. The summed E-state index contributed by atoms with van der Waals surface area (Å²) < 4.78 is 0. The van der Waals surface area contributed by atoms with E-state index in [9.17, 15) is 14.4 Å². The Morgan fingerprint density at radius 3 is 2.62 bits per heavy atom. The average Bonchev–Trinajstić information content (AvgIpc) is 3.37. The van der Waals surface area contributed by atoms with Crippen molar-refractivity contribution in [1.82, 2.24) is 9.97 Å². The summed E-state index contributed by atoms with van der Waals surface area (Å²) in [5, 5.41) is 3.27. The van der Waals surface area contributed by atoms with E-state index < -0.39 is 0 Å². The van der Waals surface area contributed by atoms with Gasteiger partial charge in [-0.15, -0.1) is 0 Å². The zero-order valence-corrected chi connectivity index (χ0v) is 14.0. The quantitative estimate of drug-likeness (QED) is 0.477.